The molecule has 0 saturated carbocycles. The molecule has 0 radical (unpaired) electrons. The van der Waals surface area contributed by atoms with Gasteiger partial charge in [0, 0.05) is 26.7 Å². The van der Waals surface area contributed by atoms with Gasteiger partial charge in [0.25, 0.3) is 0 Å². The predicted molar refractivity (Wildman–Crippen MR) is 138 cm³/mol. The van der Waals surface area contributed by atoms with Crippen LogP contribution < -0.4 is 0 Å². The number of rotatable bonds is 7. The highest BCUT2D eigenvalue weighted by molar-refractivity contribution is 9.10. The number of ketones is 1. The van der Waals surface area contributed by atoms with Crippen LogP contribution in [0.3, 0.4) is 0 Å². The molecule has 5 aromatic rings. The number of carbonyl (C=O) groups excluding carboxylic acids is 2. The molecular formula is C29H19BrN2O4. The topological polar surface area (TPSA) is 82.3 Å². The summed E-state index contributed by atoms with van der Waals surface area (Å²) in [5, 5.41) is 8.24. The van der Waals surface area contributed by atoms with E-state index in [1.165, 1.54) is 0 Å². The summed E-state index contributed by atoms with van der Waals surface area (Å²) in [6.45, 7) is 0. The minimum atomic E-state index is -1.07. The summed E-state index contributed by atoms with van der Waals surface area (Å²) in [4.78, 5) is 26.2. The van der Waals surface area contributed by atoms with E-state index in [0.29, 0.717) is 34.0 Å². The minimum absolute atomic E-state index is 0.294. The number of carbonyl (C=O) groups is 2. The Hall–Kier alpha value is -4.36. The van der Waals surface area contributed by atoms with E-state index in [-0.39, 0.29) is 5.78 Å². The lowest BCUT2D eigenvalue weighted by atomic mass is 9.99. The smallest absolute Gasteiger partial charge is 0.339 e. The number of aromatic nitrogens is 2. The van der Waals surface area contributed by atoms with Crippen LogP contribution in [0.1, 0.15) is 32.4 Å². The highest BCUT2D eigenvalue weighted by Crippen LogP contribution is 2.27. The van der Waals surface area contributed by atoms with Crippen LogP contribution in [-0.4, -0.2) is 21.9 Å². The van der Waals surface area contributed by atoms with Crippen molar-refractivity contribution in [3.05, 3.63) is 130 Å². The molecule has 0 bridgehead atoms. The maximum Gasteiger partial charge on any atom is 0.339 e. The average molecular weight is 539 g/mol. The van der Waals surface area contributed by atoms with Crippen molar-refractivity contribution in [3.8, 4) is 22.9 Å². The van der Waals surface area contributed by atoms with Gasteiger partial charge in [-0.2, -0.15) is 0 Å². The zero-order chi connectivity index (χ0) is 24.9. The Kier molecular flexibility index (Phi) is 6.82. The normalized spacial score (nSPS) is 11.6. The van der Waals surface area contributed by atoms with Crippen LogP contribution in [0.25, 0.3) is 22.9 Å². The van der Waals surface area contributed by atoms with Gasteiger partial charge in [0.1, 0.15) is 0 Å². The summed E-state index contributed by atoms with van der Waals surface area (Å²) in [5.41, 5.74) is 2.81. The number of hydrogen-bond acceptors (Lipinski definition) is 6. The monoisotopic (exact) mass is 538 g/mol. The molecule has 0 aliphatic rings. The highest BCUT2D eigenvalue weighted by atomic mass is 79.9. The van der Waals surface area contributed by atoms with Crippen LogP contribution in [0.2, 0.25) is 0 Å². The molecule has 176 valence electrons. The highest BCUT2D eigenvalue weighted by Gasteiger charge is 2.26. The molecule has 1 aromatic heterocycles. The van der Waals surface area contributed by atoms with E-state index in [9.17, 15) is 9.59 Å². The first kappa shape index (κ1) is 23.4. The van der Waals surface area contributed by atoms with E-state index >= 15 is 0 Å². The Morgan fingerprint density at radius 1 is 0.694 bits per heavy atom. The Bertz CT molecular complexity index is 1500. The molecule has 7 heteroatoms. The lowest BCUT2D eigenvalue weighted by Crippen LogP contribution is -2.20. The maximum absolute atomic E-state index is 13.2. The fraction of sp³-hybridized carbons (Fsp3) is 0.0345. The molecule has 0 aliphatic carbocycles. The molecule has 0 saturated heterocycles. The van der Waals surface area contributed by atoms with Crippen molar-refractivity contribution in [1.82, 2.24) is 10.2 Å². The average Bonchev–Trinajstić information content (AvgIpc) is 3.43. The van der Waals surface area contributed by atoms with E-state index in [1.807, 2.05) is 36.4 Å². The SMILES string of the molecule is O=C(O[C@@H](C(=O)c1ccccc1)c1ccccc1)c1ccc(-c2nnc(-c3cccc(Br)c3)o2)cc1. The van der Waals surface area contributed by atoms with Crippen molar-refractivity contribution in [2.24, 2.45) is 0 Å². The van der Waals surface area contributed by atoms with Gasteiger partial charge in [-0.1, -0.05) is 82.7 Å². The molecule has 4 aromatic carbocycles. The molecule has 1 heterocycles. The standard InChI is InChI=1S/C29H19BrN2O4/c30-24-13-7-12-23(18-24)28-32-31-27(36-28)21-14-16-22(17-15-21)29(34)35-26(20-10-5-2-6-11-20)25(33)19-8-3-1-4-9-19/h1-18,26H/t26-/m1/s1. The minimum Gasteiger partial charge on any atom is -0.445 e. The van der Waals surface area contributed by atoms with Gasteiger partial charge < -0.3 is 9.15 Å². The Labute approximate surface area is 215 Å². The first-order valence-electron chi connectivity index (χ1n) is 11.1. The second kappa shape index (κ2) is 10.5. The van der Waals surface area contributed by atoms with E-state index < -0.39 is 12.1 Å². The lowest BCUT2D eigenvalue weighted by Gasteiger charge is -2.17. The first-order valence-corrected chi connectivity index (χ1v) is 11.9. The van der Waals surface area contributed by atoms with Gasteiger partial charge in [-0.3, -0.25) is 4.79 Å². The van der Waals surface area contributed by atoms with Gasteiger partial charge in [0.15, 0.2) is 6.10 Å². The van der Waals surface area contributed by atoms with E-state index in [2.05, 4.69) is 26.1 Å². The van der Waals surface area contributed by atoms with Crippen molar-refractivity contribution in [3.63, 3.8) is 0 Å². The van der Waals surface area contributed by atoms with E-state index in [0.717, 1.165) is 10.0 Å². The molecule has 0 amide bonds. The Morgan fingerprint density at radius 3 is 2.00 bits per heavy atom. The van der Waals surface area contributed by atoms with Gasteiger partial charge in [-0.05, 0) is 42.5 Å². The molecule has 6 nitrogen and oxygen atoms in total. The van der Waals surface area contributed by atoms with Crippen molar-refractivity contribution < 1.29 is 18.7 Å². The molecule has 0 N–H and O–H groups in total. The zero-order valence-corrected chi connectivity index (χ0v) is 20.5. The number of esters is 1. The fourth-order valence-corrected chi connectivity index (χ4v) is 4.06. The molecule has 0 spiro atoms. The third-order valence-electron chi connectivity index (χ3n) is 5.49. The van der Waals surface area contributed by atoms with Crippen molar-refractivity contribution in [1.29, 1.82) is 0 Å². The van der Waals surface area contributed by atoms with Gasteiger partial charge in [0.2, 0.25) is 17.6 Å². The lowest BCUT2D eigenvalue weighted by molar-refractivity contribution is 0.0280. The van der Waals surface area contributed by atoms with Crippen molar-refractivity contribution in [2.75, 3.05) is 0 Å². The molecule has 0 unspecified atom stereocenters. The van der Waals surface area contributed by atoms with Crippen LogP contribution in [0.4, 0.5) is 0 Å². The number of halogens is 1. The zero-order valence-electron chi connectivity index (χ0n) is 18.9. The Morgan fingerprint density at radius 2 is 1.33 bits per heavy atom. The summed E-state index contributed by atoms with van der Waals surface area (Å²) in [7, 11) is 0. The van der Waals surface area contributed by atoms with Crippen LogP contribution in [0, 0.1) is 0 Å². The third kappa shape index (κ3) is 5.16. The van der Waals surface area contributed by atoms with Gasteiger partial charge in [-0.15, -0.1) is 10.2 Å². The summed E-state index contributed by atoms with van der Waals surface area (Å²) in [6.07, 6.45) is -1.07. The van der Waals surface area contributed by atoms with Crippen molar-refractivity contribution in [2.45, 2.75) is 6.10 Å². The molecule has 5 rings (SSSR count). The van der Waals surface area contributed by atoms with Crippen molar-refractivity contribution >= 4 is 27.7 Å². The quantitative estimate of drug-likeness (QED) is 0.165. The summed E-state index contributed by atoms with van der Waals surface area (Å²) in [5.74, 6) is -0.191. The maximum atomic E-state index is 13.2. The first-order chi connectivity index (χ1) is 17.6. The number of hydrogen-bond donors (Lipinski definition) is 0. The predicted octanol–water partition coefficient (Wildman–Crippen LogP) is 6.95. The second-order valence-electron chi connectivity index (χ2n) is 7.93. The number of nitrogens with zero attached hydrogens (tertiary/aromatic N) is 2. The second-order valence-corrected chi connectivity index (χ2v) is 8.84. The fourth-order valence-electron chi connectivity index (χ4n) is 3.66. The van der Waals surface area contributed by atoms with Crippen LogP contribution in [0.5, 0.6) is 0 Å². The molecule has 36 heavy (non-hydrogen) atoms. The van der Waals surface area contributed by atoms with Gasteiger partial charge >= 0.3 is 5.97 Å². The molecule has 1 atom stereocenters. The number of benzene rings is 4. The summed E-state index contributed by atoms with van der Waals surface area (Å²) >= 11 is 3.43. The number of Topliss-reactive ketones (excluding diaryl/α,β-unsaturated/α-hetero) is 1. The summed E-state index contributed by atoms with van der Waals surface area (Å²) in [6, 6.07) is 31.9. The largest absolute Gasteiger partial charge is 0.445 e. The molecule has 0 fully saturated rings. The van der Waals surface area contributed by atoms with E-state index in [4.69, 9.17) is 9.15 Å². The van der Waals surface area contributed by atoms with Crippen LogP contribution >= 0.6 is 15.9 Å². The summed E-state index contributed by atoms with van der Waals surface area (Å²) < 4.78 is 12.4. The van der Waals surface area contributed by atoms with Crippen LogP contribution in [0.15, 0.2) is 118 Å². The molecular weight excluding hydrogens is 520 g/mol. The third-order valence-corrected chi connectivity index (χ3v) is 5.98. The molecule has 0 aliphatic heterocycles. The Balaban J connectivity index is 1.35. The van der Waals surface area contributed by atoms with Gasteiger partial charge in [-0.25, -0.2) is 4.79 Å². The van der Waals surface area contributed by atoms with Gasteiger partial charge in [0.05, 0.1) is 5.56 Å². The number of ether oxygens (including phenoxy) is 1. The van der Waals surface area contributed by atoms with Crippen LogP contribution in [-0.2, 0) is 4.74 Å². The van der Waals surface area contributed by atoms with E-state index in [1.54, 1.807) is 72.8 Å².